The predicted molar refractivity (Wildman–Crippen MR) is 89.3 cm³/mol. The van der Waals surface area contributed by atoms with Crippen LogP contribution in [0.1, 0.15) is 50.1 Å². The standard InChI is InChI=1S/C18H26N2O3/c1-19-14-16(15-10-6-5-7-11-15)20(18(19)23)13-9-4-2-3-8-12-17(21)22/h5-7,10-11,16H,2-4,8-9,12-14H2,1H3,(H,21,22). The van der Waals surface area contributed by atoms with E-state index in [2.05, 4.69) is 12.1 Å². The first-order chi connectivity index (χ1) is 11.1. The van der Waals surface area contributed by atoms with Gasteiger partial charge < -0.3 is 14.9 Å². The van der Waals surface area contributed by atoms with Crippen LogP contribution in [0.4, 0.5) is 4.79 Å². The Morgan fingerprint density at radius 2 is 1.78 bits per heavy atom. The van der Waals surface area contributed by atoms with Crippen molar-refractivity contribution in [2.45, 2.75) is 44.6 Å². The zero-order chi connectivity index (χ0) is 16.7. The number of carbonyl (C=O) groups excluding carboxylic acids is 1. The number of nitrogens with zero attached hydrogens (tertiary/aromatic N) is 2. The van der Waals surface area contributed by atoms with Crippen molar-refractivity contribution in [2.75, 3.05) is 20.1 Å². The zero-order valence-corrected chi connectivity index (χ0v) is 13.8. The Hall–Kier alpha value is -2.04. The van der Waals surface area contributed by atoms with Crippen molar-refractivity contribution in [3.8, 4) is 0 Å². The van der Waals surface area contributed by atoms with Crippen molar-refractivity contribution in [3.05, 3.63) is 35.9 Å². The van der Waals surface area contributed by atoms with E-state index in [4.69, 9.17) is 5.11 Å². The molecule has 0 aromatic heterocycles. The number of carboxylic acids is 1. The molecule has 0 radical (unpaired) electrons. The number of benzene rings is 1. The average Bonchev–Trinajstić information content (AvgIpc) is 2.82. The second-order valence-electron chi connectivity index (χ2n) is 6.19. The maximum atomic E-state index is 12.3. The van der Waals surface area contributed by atoms with E-state index in [1.165, 1.54) is 5.56 Å². The topological polar surface area (TPSA) is 60.9 Å². The third-order valence-corrected chi connectivity index (χ3v) is 4.37. The molecule has 2 rings (SSSR count). The molecule has 1 aromatic rings. The Morgan fingerprint density at radius 1 is 1.13 bits per heavy atom. The van der Waals surface area contributed by atoms with Crippen molar-refractivity contribution in [1.82, 2.24) is 9.80 Å². The van der Waals surface area contributed by atoms with Gasteiger partial charge in [0.15, 0.2) is 0 Å². The number of urea groups is 1. The van der Waals surface area contributed by atoms with Crippen LogP contribution in [0.2, 0.25) is 0 Å². The van der Waals surface area contributed by atoms with Crippen LogP contribution >= 0.6 is 0 Å². The van der Waals surface area contributed by atoms with Gasteiger partial charge in [-0.05, 0) is 18.4 Å². The SMILES string of the molecule is CN1CC(c2ccccc2)N(CCCCCCCC(=O)O)C1=O. The predicted octanol–water partition coefficient (Wildman–Crippen LogP) is 3.52. The summed E-state index contributed by atoms with van der Waals surface area (Å²) >= 11 is 0. The van der Waals surface area contributed by atoms with Crippen molar-refractivity contribution < 1.29 is 14.7 Å². The summed E-state index contributed by atoms with van der Waals surface area (Å²) in [6.07, 6.45) is 4.98. The van der Waals surface area contributed by atoms with Gasteiger partial charge in [-0.2, -0.15) is 0 Å². The summed E-state index contributed by atoms with van der Waals surface area (Å²) in [5.74, 6) is -0.721. The molecule has 23 heavy (non-hydrogen) atoms. The number of carbonyl (C=O) groups is 2. The largest absolute Gasteiger partial charge is 0.481 e. The normalized spacial score (nSPS) is 17.8. The Balaban J connectivity index is 1.77. The molecular weight excluding hydrogens is 292 g/mol. The lowest BCUT2D eigenvalue weighted by Crippen LogP contribution is -2.31. The lowest BCUT2D eigenvalue weighted by molar-refractivity contribution is -0.137. The monoisotopic (exact) mass is 318 g/mol. The number of carboxylic acid groups (broad SMARTS) is 1. The van der Waals surface area contributed by atoms with E-state index in [-0.39, 0.29) is 18.5 Å². The summed E-state index contributed by atoms with van der Waals surface area (Å²) in [6, 6.07) is 10.4. The Bertz CT molecular complexity index is 518. The fourth-order valence-electron chi connectivity index (χ4n) is 3.09. The highest BCUT2D eigenvalue weighted by molar-refractivity contribution is 5.77. The van der Waals surface area contributed by atoms with E-state index >= 15 is 0 Å². The highest BCUT2D eigenvalue weighted by Crippen LogP contribution is 2.28. The molecule has 1 aromatic carbocycles. The summed E-state index contributed by atoms with van der Waals surface area (Å²) in [6.45, 7) is 1.50. The molecule has 0 saturated carbocycles. The van der Waals surface area contributed by atoms with Gasteiger partial charge in [0.05, 0.1) is 6.04 Å². The average molecular weight is 318 g/mol. The number of amides is 2. The Labute approximate surface area is 137 Å². The van der Waals surface area contributed by atoms with Crippen molar-refractivity contribution in [3.63, 3.8) is 0 Å². The van der Waals surface area contributed by atoms with Gasteiger partial charge in [0, 0.05) is 26.6 Å². The smallest absolute Gasteiger partial charge is 0.320 e. The number of hydrogen-bond acceptors (Lipinski definition) is 2. The van der Waals surface area contributed by atoms with Crippen molar-refractivity contribution in [2.24, 2.45) is 0 Å². The maximum absolute atomic E-state index is 12.3. The molecule has 5 nitrogen and oxygen atoms in total. The molecule has 1 atom stereocenters. The third-order valence-electron chi connectivity index (χ3n) is 4.37. The third kappa shape index (κ3) is 4.98. The highest BCUT2D eigenvalue weighted by atomic mass is 16.4. The summed E-state index contributed by atoms with van der Waals surface area (Å²) in [4.78, 5) is 26.5. The van der Waals surface area contributed by atoms with Crippen LogP contribution in [0.15, 0.2) is 30.3 Å². The first-order valence-electron chi connectivity index (χ1n) is 8.38. The molecule has 1 fully saturated rings. The van der Waals surface area contributed by atoms with Gasteiger partial charge in [-0.1, -0.05) is 49.6 Å². The quantitative estimate of drug-likeness (QED) is 0.709. The van der Waals surface area contributed by atoms with E-state index in [1.807, 2.05) is 30.1 Å². The van der Waals surface area contributed by atoms with Crippen LogP contribution in [0.5, 0.6) is 0 Å². The minimum Gasteiger partial charge on any atom is -0.481 e. The maximum Gasteiger partial charge on any atom is 0.320 e. The molecule has 1 aliphatic heterocycles. The van der Waals surface area contributed by atoms with Crippen LogP contribution in [0, 0.1) is 0 Å². The van der Waals surface area contributed by atoms with Gasteiger partial charge in [-0.25, -0.2) is 4.79 Å². The van der Waals surface area contributed by atoms with Crippen LogP contribution in [0.25, 0.3) is 0 Å². The van der Waals surface area contributed by atoms with Crippen molar-refractivity contribution >= 4 is 12.0 Å². The molecule has 1 saturated heterocycles. The lowest BCUT2D eigenvalue weighted by atomic mass is 10.1. The molecule has 2 amide bonds. The van der Waals surface area contributed by atoms with Crippen LogP contribution in [-0.2, 0) is 4.79 Å². The molecule has 1 aliphatic rings. The highest BCUT2D eigenvalue weighted by Gasteiger charge is 2.35. The van der Waals surface area contributed by atoms with Crippen molar-refractivity contribution in [1.29, 1.82) is 0 Å². The summed E-state index contributed by atoms with van der Waals surface area (Å²) in [5.41, 5.74) is 1.19. The second-order valence-corrected chi connectivity index (χ2v) is 6.19. The molecule has 0 spiro atoms. The minimum atomic E-state index is -0.721. The molecule has 1 heterocycles. The number of aliphatic carboxylic acids is 1. The molecule has 1 unspecified atom stereocenters. The van der Waals surface area contributed by atoms with E-state index < -0.39 is 5.97 Å². The van der Waals surface area contributed by atoms with E-state index in [1.54, 1.807) is 4.90 Å². The fraction of sp³-hybridized carbons (Fsp3) is 0.556. The molecule has 5 heteroatoms. The van der Waals surface area contributed by atoms with Gasteiger partial charge >= 0.3 is 12.0 Å². The fourth-order valence-corrected chi connectivity index (χ4v) is 3.09. The zero-order valence-electron chi connectivity index (χ0n) is 13.8. The summed E-state index contributed by atoms with van der Waals surface area (Å²) in [7, 11) is 1.85. The van der Waals surface area contributed by atoms with E-state index in [9.17, 15) is 9.59 Å². The van der Waals surface area contributed by atoms with Crippen LogP contribution in [-0.4, -0.2) is 47.0 Å². The number of unbranched alkanes of at least 4 members (excludes halogenated alkanes) is 4. The first kappa shape index (κ1) is 17.3. The Kier molecular flexibility index (Phi) is 6.44. The molecule has 1 N–H and O–H groups in total. The molecule has 0 bridgehead atoms. The van der Waals surface area contributed by atoms with Gasteiger partial charge in [0.2, 0.25) is 0 Å². The number of rotatable bonds is 9. The lowest BCUT2D eigenvalue weighted by Gasteiger charge is -2.23. The number of likely N-dealkylation sites (N-methyl/N-ethyl adjacent to an activating group) is 1. The van der Waals surface area contributed by atoms with E-state index in [0.29, 0.717) is 0 Å². The molecule has 126 valence electrons. The van der Waals surface area contributed by atoms with Crippen LogP contribution in [0.3, 0.4) is 0 Å². The minimum absolute atomic E-state index is 0.102. The van der Waals surface area contributed by atoms with Gasteiger partial charge in [-0.3, -0.25) is 4.79 Å². The molecule has 0 aliphatic carbocycles. The van der Waals surface area contributed by atoms with Crippen LogP contribution < -0.4 is 0 Å². The summed E-state index contributed by atoms with van der Waals surface area (Å²) < 4.78 is 0. The number of hydrogen-bond donors (Lipinski definition) is 1. The molecular formula is C18H26N2O3. The Morgan fingerprint density at radius 3 is 2.48 bits per heavy atom. The first-order valence-corrected chi connectivity index (χ1v) is 8.38. The summed E-state index contributed by atoms with van der Waals surface area (Å²) in [5, 5.41) is 8.60. The van der Waals surface area contributed by atoms with Gasteiger partial charge in [0.25, 0.3) is 0 Å². The van der Waals surface area contributed by atoms with E-state index in [0.717, 1.165) is 45.2 Å². The second kappa shape index (κ2) is 8.56. The van der Waals surface area contributed by atoms with Gasteiger partial charge in [0.1, 0.15) is 0 Å². The van der Waals surface area contributed by atoms with Gasteiger partial charge in [-0.15, -0.1) is 0 Å².